The molecule has 0 aliphatic carbocycles. The van der Waals surface area contributed by atoms with Gasteiger partial charge in [0.1, 0.15) is 11.7 Å². The lowest BCUT2D eigenvalue weighted by Gasteiger charge is -2.13. The zero-order valence-electron chi connectivity index (χ0n) is 13.5. The third-order valence-corrected chi connectivity index (χ3v) is 3.40. The Morgan fingerprint density at radius 2 is 1.65 bits per heavy atom. The van der Waals surface area contributed by atoms with Crippen molar-refractivity contribution in [2.45, 2.75) is 32.1 Å². The lowest BCUT2D eigenvalue weighted by Crippen LogP contribution is -2.14. The summed E-state index contributed by atoms with van der Waals surface area (Å²) in [6, 6.07) is 1.03. The van der Waals surface area contributed by atoms with Crippen molar-refractivity contribution in [3.05, 3.63) is 35.2 Å². The molecule has 1 atom stereocenters. The quantitative estimate of drug-likeness (QED) is 0.638. The summed E-state index contributed by atoms with van der Waals surface area (Å²) in [7, 11) is 0. The van der Waals surface area contributed by atoms with Crippen molar-refractivity contribution in [3.8, 4) is 11.4 Å². The molecule has 1 aromatic carbocycles. The number of carbonyl (C=O) groups is 1. The van der Waals surface area contributed by atoms with E-state index in [2.05, 4.69) is 15.2 Å². The summed E-state index contributed by atoms with van der Waals surface area (Å²) in [6.07, 6.45) is -9.96. The molecule has 26 heavy (non-hydrogen) atoms. The summed E-state index contributed by atoms with van der Waals surface area (Å²) in [4.78, 5) is 15.5. The van der Waals surface area contributed by atoms with E-state index in [1.165, 1.54) is 6.92 Å². The average molecular weight is 381 g/mol. The van der Waals surface area contributed by atoms with Gasteiger partial charge in [-0.05, 0) is 32.0 Å². The molecule has 5 nitrogen and oxygen atoms in total. The topological polar surface area (TPSA) is 67.9 Å². The molecule has 0 saturated heterocycles. The summed E-state index contributed by atoms with van der Waals surface area (Å²) in [5.74, 6) is -2.00. The van der Waals surface area contributed by atoms with E-state index < -0.39 is 46.8 Å². The number of nitrogens with zero attached hydrogens (tertiary/aromatic N) is 2. The second-order valence-corrected chi connectivity index (χ2v) is 5.31. The van der Waals surface area contributed by atoms with Crippen molar-refractivity contribution in [3.63, 3.8) is 0 Å². The molecular formula is C15H13F6N3O2. The smallest absolute Gasteiger partial charge is 0.416 e. The Hall–Kier alpha value is -2.59. The standard InChI is InChI=1S/C15H13F6N3O2/c1-3-26-13(25)7(2)11-22-12(24-23-11)8-4-9(14(16,17)18)6-10(5-8)15(19,20)21/h4-7H,3H2,1-2H3,(H,22,23,24). The van der Waals surface area contributed by atoms with Crippen molar-refractivity contribution in [2.24, 2.45) is 0 Å². The zero-order chi connectivity index (χ0) is 19.7. The van der Waals surface area contributed by atoms with Gasteiger partial charge in [-0.15, -0.1) is 0 Å². The van der Waals surface area contributed by atoms with E-state index in [4.69, 9.17) is 4.74 Å². The number of hydrogen-bond acceptors (Lipinski definition) is 4. The number of H-pyrrole nitrogens is 1. The highest BCUT2D eigenvalue weighted by Crippen LogP contribution is 2.38. The van der Waals surface area contributed by atoms with Crippen LogP contribution in [0.5, 0.6) is 0 Å². The predicted molar refractivity (Wildman–Crippen MR) is 76.9 cm³/mol. The third-order valence-electron chi connectivity index (χ3n) is 3.40. The number of aromatic nitrogens is 3. The molecule has 1 N–H and O–H groups in total. The van der Waals surface area contributed by atoms with Gasteiger partial charge in [-0.3, -0.25) is 9.89 Å². The molecule has 0 aliphatic rings. The molecule has 1 aromatic heterocycles. The first-order valence-electron chi connectivity index (χ1n) is 7.32. The number of benzene rings is 1. The number of rotatable bonds is 4. The molecule has 2 rings (SSSR count). The molecule has 0 aliphatic heterocycles. The number of esters is 1. The van der Waals surface area contributed by atoms with Gasteiger partial charge in [0.05, 0.1) is 17.7 Å². The molecule has 2 aromatic rings. The van der Waals surface area contributed by atoms with Gasteiger partial charge in [0.2, 0.25) is 0 Å². The SMILES string of the molecule is CCOC(=O)C(C)c1nc(-c2cc(C(F)(F)F)cc(C(F)(F)F)c2)n[nH]1. The molecular weight excluding hydrogens is 368 g/mol. The Bertz CT molecular complexity index is 765. The Labute approximate surface area is 143 Å². The van der Waals surface area contributed by atoms with Crippen LogP contribution in [0.2, 0.25) is 0 Å². The van der Waals surface area contributed by atoms with Crippen LogP contribution >= 0.6 is 0 Å². The van der Waals surface area contributed by atoms with Crippen LogP contribution in [0.25, 0.3) is 11.4 Å². The highest BCUT2D eigenvalue weighted by Gasteiger charge is 2.37. The van der Waals surface area contributed by atoms with Crippen LogP contribution < -0.4 is 0 Å². The molecule has 11 heteroatoms. The summed E-state index contributed by atoms with van der Waals surface area (Å²) in [6.45, 7) is 3.10. The van der Waals surface area contributed by atoms with Gasteiger partial charge in [-0.2, -0.15) is 31.4 Å². The molecule has 0 radical (unpaired) electrons. The van der Waals surface area contributed by atoms with Crippen LogP contribution in [0, 0.1) is 0 Å². The highest BCUT2D eigenvalue weighted by atomic mass is 19.4. The van der Waals surface area contributed by atoms with Crippen LogP contribution in [0.1, 0.15) is 36.7 Å². The summed E-state index contributed by atoms with van der Waals surface area (Å²) >= 11 is 0. The van der Waals surface area contributed by atoms with Crippen LogP contribution in [-0.4, -0.2) is 27.8 Å². The summed E-state index contributed by atoms with van der Waals surface area (Å²) in [5.41, 5.74) is -3.44. The van der Waals surface area contributed by atoms with E-state index >= 15 is 0 Å². The number of carbonyl (C=O) groups excluding carboxylic acids is 1. The monoisotopic (exact) mass is 381 g/mol. The first kappa shape index (κ1) is 19.7. The third kappa shape index (κ3) is 4.33. The first-order chi connectivity index (χ1) is 11.9. The molecule has 0 saturated carbocycles. The van der Waals surface area contributed by atoms with Crippen LogP contribution in [0.4, 0.5) is 26.3 Å². The Kier molecular flexibility index (Phi) is 5.28. The first-order valence-corrected chi connectivity index (χ1v) is 7.32. The largest absolute Gasteiger partial charge is 0.465 e. The Morgan fingerprint density at radius 1 is 1.12 bits per heavy atom. The number of alkyl halides is 6. The Morgan fingerprint density at radius 3 is 2.12 bits per heavy atom. The van der Waals surface area contributed by atoms with Gasteiger partial charge in [0.25, 0.3) is 0 Å². The van der Waals surface area contributed by atoms with Gasteiger partial charge in [0, 0.05) is 5.56 Å². The summed E-state index contributed by atoms with van der Waals surface area (Å²) in [5, 5.41) is 5.95. The van der Waals surface area contributed by atoms with E-state index in [0.29, 0.717) is 12.1 Å². The van der Waals surface area contributed by atoms with Crippen LogP contribution in [0.15, 0.2) is 18.2 Å². The molecule has 0 spiro atoms. The van der Waals surface area contributed by atoms with E-state index in [1.807, 2.05) is 0 Å². The minimum atomic E-state index is -4.98. The number of ether oxygens (including phenoxy) is 1. The van der Waals surface area contributed by atoms with Crippen molar-refractivity contribution in [1.82, 2.24) is 15.2 Å². The molecule has 0 amide bonds. The number of halogens is 6. The fourth-order valence-electron chi connectivity index (χ4n) is 2.06. The number of aromatic amines is 1. The van der Waals surface area contributed by atoms with Crippen molar-refractivity contribution in [2.75, 3.05) is 6.61 Å². The highest BCUT2D eigenvalue weighted by molar-refractivity contribution is 5.76. The maximum atomic E-state index is 12.9. The molecule has 142 valence electrons. The zero-order valence-corrected chi connectivity index (χ0v) is 13.5. The number of hydrogen-bond donors (Lipinski definition) is 1. The maximum Gasteiger partial charge on any atom is 0.416 e. The average Bonchev–Trinajstić information content (AvgIpc) is 3.02. The predicted octanol–water partition coefficient (Wildman–Crippen LogP) is 4.18. The van der Waals surface area contributed by atoms with Crippen LogP contribution in [0.3, 0.4) is 0 Å². The van der Waals surface area contributed by atoms with Gasteiger partial charge in [0.15, 0.2) is 5.82 Å². The Balaban J connectivity index is 2.47. The molecule has 0 fully saturated rings. The minimum Gasteiger partial charge on any atom is -0.465 e. The molecule has 1 heterocycles. The maximum absolute atomic E-state index is 12.9. The van der Waals surface area contributed by atoms with Crippen molar-refractivity contribution < 1.29 is 35.9 Å². The number of nitrogens with one attached hydrogen (secondary N) is 1. The van der Waals surface area contributed by atoms with E-state index in [-0.39, 0.29) is 18.5 Å². The minimum absolute atomic E-state index is 0.0122. The van der Waals surface area contributed by atoms with Crippen molar-refractivity contribution in [1.29, 1.82) is 0 Å². The van der Waals surface area contributed by atoms with E-state index in [1.54, 1.807) is 6.92 Å². The molecule has 1 unspecified atom stereocenters. The fraction of sp³-hybridized carbons (Fsp3) is 0.400. The van der Waals surface area contributed by atoms with E-state index in [9.17, 15) is 31.1 Å². The summed E-state index contributed by atoms with van der Waals surface area (Å²) < 4.78 is 82.2. The van der Waals surface area contributed by atoms with Crippen molar-refractivity contribution >= 4 is 5.97 Å². The lowest BCUT2D eigenvalue weighted by molar-refractivity contribution is -0.145. The van der Waals surface area contributed by atoms with Crippen LogP contribution in [-0.2, 0) is 21.9 Å². The fourth-order valence-corrected chi connectivity index (χ4v) is 2.06. The normalized spacial score (nSPS) is 13.5. The van der Waals surface area contributed by atoms with Gasteiger partial charge >= 0.3 is 18.3 Å². The van der Waals surface area contributed by atoms with E-state index in [0.717, 1.165) is 0 Å². The second kappa shape index (κ2) is 6.96. The van der Waals surface area contributed by atoms with Gasteiger partial charge in [-0.1, -0.05) is 0 Å². The lowest BCUT2D eigenvalue weighted by atomic mass is 10.0. The second-order valence-electron chi connectivity index (χ2n) is 5.31. The van der Waals surface area contributed by atoms with Gasteiger partial charge < -0.3 is 4.74 Å². The molecule has 0 bridgehead atoms. The van der Waals surface area contributed by atoms with Gasteiger partial charge in [-0.25, -0.2) is 4.98 Å².